The number of halogens is 1. The highest BCUT2D eigenvalue weighted by Crippen LogP contribution is 2.09. The van der Waals surface area contributed by atoms with Crippen molar-refractivity contribution in [2.24, 2.45) is 5.92 Å². The molecule has 0 bridgehead atoms. The normalized spacial score (nSPS) is 11.0. The van der Waals surface area contributed by atoms with E-state index < -0.39 is 16.9 Å². The molecule has 106 valence electrons. The third-order valence-corrected chi connectivity index (χ3v) is 3.12. The molecule has 0 fully saturated rings. The van der Waals surface area contributed by atoms with E-state index in [2.05, 4.69) is 0 Å². The van der Waals surface area contributed by atoms with Crippen LogP contribution in [0.4, 0.5) is 4.39 Å². The molecule has 1 aromatic carbocycles. The predicted molar refractivity (Wildman–Crippen MR) is 75.7 cm³/mol. The molecule has 2 rings (SSSR count). The lowest BCUT2D eigenvalue weighted by molar-refractivity contribution is 0.502. The molecule has 0 aliphatic rings. The summed E-state index contributed by atoms with van der Waals surface area (Å²) in [4.78, 5) is 24.0. The van der Waals surface area contributed by atoms with Crippen LogP contribution >= 0.6 is 0 Å². The van der Waals surface area contributed by atoms with Crippen LogP contribution in [0, 0.1) is 11.7 Å². The molecule has 0 saturated carbocycles. The van der Waals surface area contributed by atoms with E-state index in [4.69, 9.17) is 0 Å². The van der Waals surface area contributed by atoms with Gasteiger partial charge in [0, 0.05) is 18.9 Å². The number of para-hydroxylation sites is 1. The molecule has 1 aromatic heterocycles. The van der Waals surface area contributed by atoms with Crippen LogP contribution < -0.4 is 11.1 Å². The van der Waals surface area contributed by atoms with Crippen LogP contribution in [0.2, 0.25) is 0 Å². The summed E-state index contributed by atoms with van der Waals surface area (Å²) in [6.45, 7) is 4.58. The van der Waals surface area contributed by atoms with Gasteiger partial charge in [0.15, 0.2) is 0 Å². The zero-order valence-corrected chi connectivity index (χ0v) is 11.5. The van der Waals surface area contributed by atoms with Crippen molar-refractivity contribution in [3.05, 3.63) is 63.2 Å². The topological polar surface area (TPSA) is 44.0 Å². The summed E-state index contributed by atoms with van der Waals surface area (Å²) >= 11 is 0. The van der Waals surface area contributed by atoms with E-state index in [1.807, 2.05) is 13.8 Å². The maximum Gasteiger partial charge on any atom is 0.321 e. The molecule has 0 aliphatic heterocycles. The Kier molecular flexibility index (Phi) is 4.17. The summed E-state index contributed by atoms with van der Waals surface area (Å²) in [5.74, 6) is -0.0928. The van der Waals surface area contributed by atoms with E-state index in [1.54, 1.807) is 6.07 Å². The second kappa shape index (κ2) is 5.86. The highest BCUT2D eigenvalue weighted by atomic mass is 19.1. The van der Waals surface area contributed by atoms with E-state index in [1.165, 1.54) is 35.2 Å². The van der Waals surface area contributed by atoms with Crippen molar-refractivity contribution in [2.75, 3.05) is 0 Å². The molecule has 0 N–H and O–H groups in total. The van der Waals surface area contributed by atoms with Crippen molar-refractivity contribution in [2.45, 2.75) is 26.8 Å². The SMILES string of the molecule is CC(C)CCn1ccn(-c2ccccc2F)c(=O)c1=O. The molecule has 4 nitrogen and oxygen atoms in total. The van der Waals surface area contributed by atoms with E-state index in [-0.39, 0.29) is 5.69 Å². The molecular weight excluding hydrogens is 259 g/mol. The van der Waals surface area contributed by atoms with Crippen molar-refractivity contribution in [1.82, 2.24) is 9.13 Å². The first-order chi connectivity index (χ1) is 9.50. The van der Waals surface area contributed by atoms with Gasteiger partial charge in [-0.05, 0) is 24.5 Å². The fourth-order valence-electron chi connectivity index (χ4n) is 1.92. The van der Waals surface area contributed by atoms with Gasteiger partial charge in [-0.3, -0.25) is 14.2 Å². The molecule has 0 saturated heterocycles. The van der Waals surface area contributed by atoms with Gasteiger partial charge in [0.2, 0.25) is 0 Å². The number of aryl methyl sites for hydroxylation is 1. The average molecular weight is 276 g/mol. The maximum atomic E-state index is 13.7. The fraction of sp³-hybridized carbons (Fsp3) is 0.333. The van der Waals surface area contributed by atoms with Crippen LogP contribution in [-0.4, -0.2) is 9.13 Å². The van der Waals surface area contributed by atoms with Crippen molar-refractivity contribution in [1.29, 1.82) is 0 Å². The number of rotatable bonds is 4. The van der Waals surface area contributed by atoms with Crippen LogP contribution in [0.25, 0.3) is 5.69 Å². The number of aromatic nitrogens is 2. The lowest BCUT2D eigenvalue weighted by Gasteiger charge is -2.10. The Labute approximate surface area is 116 Å². The lowest BCUT2D eigenvalue weighted by atomic mass is 10.1. The van der Waals surface area contributed by atoms with Gasteiger partial charge in [0.05, 0.1) is 5.69 Å². The lowest BCUT2D eigenvalue weighted by Crippen LogP contribution is -2.40. The molecule has 2 aromatic rings. The summed E-state index contributed by atoms with van der Waals surface area (Å²) in [6, 6.07) is 5.88. The van der Waals surface area contributed by atoms with Crippen molar-refractivity contribution < 1.29 is 4.39 Å². The van der Waals surface area contributed by atoms with Gasteiger partial charge in [-0.1, -0.05) is 26.0 Å². The van der Waals surface area contributed by atoms with Gasteiger partial charge in [-0.25, -0.2) is 4.39 Å². The van der Waals surface area contributed by atoms with E-state index in [0.29, 0.717) is 12.5 Å². The molecule has 5 heteroatoms. The largest absolute Gasteiger partial charge is 0.321 e. The number of hydrogen-bond acceptors (Lipinski definition) is 2. The monoisotopic (exact) mass is 276 g/mol. The maximum absolute atomic E-state index is 13.7. The summed E-state index contributed by atoms with van der Waals surface area (Å²) in [5, 5.41) is 0. The Hall–Kier alpha value is -2.17. The third-order valence-electron chi connectivity index (χ3n) is 3.12. The Balaban J connectivity index is 2.45. The van der Waals surface area contributed by atoms with Crippen LogP contribution in [-0.2, 0) is 6.54 Å². The van der Waals surface area contributed by atoms with Crippen molar-refractivity contribution in [3.63, 3.8) is 0 Å². The minimum absolute atomic E-state index is 0.0885. The summed E-state index contributed by atoms with van der Waals surface area (Å²) in [5.41, 5.74) is -1.27. The highest BCUT2D eigenvalue weighted by Gasteiger charge is 2.09. The Bertz CT molecular complexity index is 716. The highest BCUT2D eigenvalue weighted by molar-refractivity contribution is 5.33. The first-order valence-corrected chi connectivity index (χ1v) is 6.57. The van der Waals surface area contributed by atoms with Gasteiger partial charge in [-0.2, -0.15) is 0 Å². The van der Waals surface area contributed by atoms with E-state index in [9.17, 15) is 14.0 Å². The van der Waals surface area contributed by atoms with Gasteiger partial charge in [0.25, 0.3) is 0 Å². The molecule has 0 spiro atoms. The van der Waals surface area contributed by atoms with Crippen molar-refractivity contribution in [3.8, 4) is 5.69 Å². The van der Waals surface area contributed by atoms with Crippen LogP contribution in [0.5, 0.6) is 0 Å². The van der Waals surface area contributed by atoms with Gasteiger partial charge in [-0.15, -0.1) is 0 Å². The number of hydrogen-bond donors (Lipinski definition) is 0. The molecule has 0 atom stereocenters. The molecule has 0 amide bonds. The van der Waals surface area contributed by atoms with Crippen molar-refractivity contribution >= 4 is 0 Å². The van der Waals surface area contributed by atoms with Gasteiger partial charge >= 0.3 is 11.1 Å². The first-order valence-electron chi connectivity index (χ1n) is 6.57. The van der Waals surface area contributed by atoms with Crippen LogP contribution in [0.15, 0.2) is 46.2 Å². The molecule has 0 radical (unpaired) electrons. The second-order valence-corrected chi connectivity index (χ2v) is 5.11. The fourth-order valence-corrected chi connectivity index (χ4v) is 1.92. The number of nitrogens with zero attached hydrogens (tertiary/aromatic N) is 2. The Morgan fingerprint density at radius 1 is 1.10 bits per heavy atom. The molecule has 1 heterocycles. The quantitative estimate of drug-likeness (QED) is 0.803. The zero-order chi connectivity index (χ0) is 14.7. The predicted octanol–water partition coefficient (Wildman–Crippen LogP) is 2.18. The average Bonchev–Trinajstić information content (AvgIpc) is 2.41. The molecular formula is C15H17FN2O2. The summed E-state index contributed by atoms with van der Waals surface area (Å²) in [7, 11) is 0. The first kappa shape index (κ1) is 14.2. The Morgan fingerprint density at radius 3 is 2.45 bits per heavy atom. The zero-order valence-electron chi connectivity index (χ0n) is 11.5. The molecule has 0 unspecified atom stereocenters. The van der Waals surface area contributed by atoms with E-state index >= 15 is 0 Å². The number of benzene rings is 1. The molecule has 0 aliphatic carbocycles. The van der Waals surface area contributed by atoms with Crippen LogP contribution in [0.3, 0.4) is 0 Å². The van der Waals surface area contributed by atoms with E-state index in [0.717, 1.165) is 11.0 Å². The Morgan fingerprint density at radius 2 is 1.80 bits per heavy atom. The third kappa shape index (κ3) is 2.87. The summed E-state index contributed by atoms with van der Waals surface area (Å²) < 4.78 is 16.1. The second-order valence-electron chi connectivity index (χ2n) is 5.11. The standard InChI is InChI=1S/C15H17FN2O2/c1-11(2)7-8-17-9-10-18(15(20)14(17)19)13-6-4-3-5-12(13)16/h3-6,9-11H,7-8H2,1-2H3. The van der Waals surface area contributed by atoms with Crippen LogP contribution in [0.1, 0.15) is 20.3 Å². The smallest absolute Gasteiger partial charge is 0.309 e. The molecule has 20 heavy (non-hydrogen) atoms. The minimum Gasteiger partial charge on any atom is -0.309 e. The summed E-state index contributed by atoms with van der Waals surface area (Å²) in [6.07, 6.45) is 3.77. The van der Waals surface area contributed by atoms with Gasteiger partial charge < -0.3 is 4.57 Å². The minimum atomic E-state index is -0.735. The van der Waals surface area contributed by atoms with Gasteiger partial charge in [0.1, 0.15) is 5.82 Å².